The maximum Gasteiger partial charge on any atom is 0.463 e. The van der Waals surface area contributed by atoms with Crippen molar-refractivity contribution in [1.29, 1.82) is 0 Å². The molecule has 17 heavy (non-hydrogen) atoms. The van der Waals surface area contributed by atoms with Crippen molar-refractivity contribution < 1.29 is 26.7 Å². The highest BCUT2D eigenvalue weighted by Gasteiger charge is 2.63. The Balaban J connectivity index is 2.55. The van der Waals surface area contributed by atoms with Gasteiger partial charge in [0, 0.05) is 6.54 Å². The van der Waals surface area contributed by atoms with Gasteiger partial charge in [-0.05, 0) is 18.3 Å². The highest BCUT2D eigenvalue weighted by Crippen LogP contribution is 2.38. The predicted molar refractivity (Wildman–Crippen MR) is 50.6 cm³/mol. The average molecular weight is 259 g/mol. The van der Waals surface area contributed by atoms with Crippen LogP contribution < -0.4 is 5.32 Å². The molecule has 1 N–H and O–H groups in total. The lowest BCUT2D eigenvalue weighted by molar-refractivity contribution is -0.269. The van der Waals surface area contributed by atoms with E-state index in [-0.39, 0.29) is 12.0 Å². The normalized spacial score (nSPS) is 20.4. The number of halogens is 5. The van der Waals surface area contributed by atoms with Crippen molar-refractivity contribution in [1.82, 2.24) is 5.32 Å². The van der Waals surface area contributed by atoms with Crippen molar-refractivity contribution in [2.75, 3.05) is 6.54 Å². The van der Waals surface area contributed by atoms with Crippen molar-refractivity contribution in [2.45, 2.75) is 44.7 Å². The van der Waals surface area contributed by atoms with Gasteiger partial charge in [-0.2, -0.15) is 22.0 Å². The molecule has 0 aromatic heterocycles. The largest absolute Gasteiger partial charge is 0.463 e. The third-order valence-corrected chi connectivity index (χ3v) is 3.13. The average Bonchev–Trinajstić information content (AvgIpc) is 2.60. The summed E-state index contributed by atoms with van der Waals surface area (Å²) in [5, 5.41) is 1.70. The molecule has 0 heterocycles. The summed E-state index contributed by atoms with van der Waals surface area (Å²) in [6.45, 7) is 1.63. The molecule has 0 aliphatic heterocycles. The minimum atomic E-state index is -5.84. The second-order valence-corrected chi connectivity index (χ2v) is 4.77. The number of carbonyl (C=O) groups excluding carboxylic acids is 1. The Kier molecular flexibility index (Phi) is 3.69. The van der Waals surface area contributed by atoms with Crippen molar-refractivity contribution in [2.24, 2.45) is 5.41 Å². The van der Waals surface area contributed by atoms with E-state index in [1.54, 1.807) is 12.2 Å². The Hall–Kier alpha value is -0.880. The quantitative estimate of drug-likeness (QED) is 0.776. The minimum Gasteiger partial charge on any atom is -0.350 e. The first-order chi connectivity index (χ1) is 7.58. The van der Waals surface area contributed by atoms with Crippen LogP contribution in [0.15, 0.2) is 0 Å². The number of rotatable bonds is 3. The molecule has 1 amide bonds. The molecule has 0 atom stereocenters. The Morgan fingerprint density at radius 2 is 1.65 bits per heavy atom. The van der Waals surface area contributed by atoms with Crippen molar-refractivity contribution >= 4 is 5.91 Å². The predicted octanol–water partition coefficient (Wildman–Crippen LogP) is 2.88. The van der Waals surface area contributed by atoms with E-state index >= 15 is 0 Å². The Morgan fingerprint density at radius 1 is 1.18 bits per heavy atom. The smallest absolute Gasteiger partial charge is 0.350 e. The molecule has 0 saturated heterocycles. The molecule has 0 radical (unpaired) electrons. The van der Waals surface area contributed by atoms with Gasteiger partial charge in [0.2, 0.25) is 0 Å². The molecule has 0 bridgehead atoms. The topological polar surface area (TPSA) is 29.1 Å². The summed E-state index contributed by atoms with van der Waals surface area (Å²) >= 11 is 0. The monoisotopic (exact) mass is 259 g/mol. The summed E-state index contributed by atoms with van der Waals surface area (Å²) in [5.74, 6) is -7.58. The summed E-state index contributed by atoms with van der Waals surface area (Å²) in [6, 6.07) is 0. The van der Waals surface area contributed by atoms with E-state index in [4.69, 9.17) is 0 Å². The summed E-state index contributed by atoms with van der Waals surface area (Å²) in [6.07, 6.45) is -2.58. The van der Waals surface area contributed by atoms with E-state index in [1.807, 2.05) is 0 Å². The van der Waals surface area contributed by atoms with Crippen LogP contribution in [0.2, 0.25) is 0 Å². The standard InChI is InChI=1S/C10H14F5NO/c1-8(4-2-3-5-8)6-16-7(17)9(11,12)10(13,14)15/h2-6H2,1H3,(H,16,17). The van der Waals surface area contributed by atoms with Gasteiger partial charge in [-0.25, -0.2) is 0 Å². The van der Waals surface area contributed by atoms with Crippen molar-refractivity contribution in [3.63, 3.8) is 0 Å². The van der Waals surface area contributed by atoms with Crippen LogP contribution in [0.5, 0.6) is 0 Å². The van der Waals surface area contributed by atoms with Gasteiger partial charge in [-0.1, -0.05) is 19.8 Å². The third kappa shape index (κ3) is 3.07. The minimum absolute atomic E-state index is 0.141. The van der Waals surface area contributed by atoms with Crippen LogP contribution >= 0.6 is 0 Å². The van der Waals surface area contributed by atoms with Crippen LogP contribution in [0.1, 0.15) is 32.6 Å². The maximum atomic E-state index is 12.6. The van der Waals surface area contributed by atoms with E-state index in [1.165, 1.54) is 0 Å². The lowest BCUT2D eigenvalue weighted by Gasteiger charge is -2.26. The summed E-state index contributed by atoms with van der Waals surface area (Å²) < 4.78 is 60.8. The van der Waals surface area contributed by atoms with Crippen LogP contribution in [-0.4, -0.2) is 24.6 Å². The number of nitrogens with one attached hydrogen (secondary N) is 1. The zero-order chi connectivity index (χ0) is 13.3. The van der Waals surface area contributed by atoms with Crippen LogP contribution in [0.4, 0.5) is 22.0 Å². The number of carbonyl (C=O) groups is 1. The first-order valence-corrected chi connectivity index (χ1v) is 5.31. The molecular weight excluding hydrogens is 245 g/mol. The molecule has 0 unspecified atom stereocenters. The fraction of sp³-hybridized carbons (Fsp3) is 0.900. The molecule has 1 aliphatic rings. The number of hydrogen-bond donors (Lipinski definition) is 1. The summed E-state index contributed by atoms with van der Waals surface area (Å²) in [7, 11) is 0. The van der Waals surface area contributed by atoms with Crippen molar-refractivity contribution in [3.8, 4) is 0 Å². The number of hydrogen-bond acceptors (Lipinski definition) is 1. The van der Waals surface area contributed by atoms with E-state index in [0.717, 1.165) is 25.7 Å². The lowest BCUT2D eigenvalue weighted by atomic mass is 9.89. The highest BCUT2D eigenvalue weighted by atomic mass is 19.4. The van der Waals surface area contributed by atoms with Gasteiger partial charge in [0.25, 0.3) is 5.91 Å². The zero-order valence-corrected chi connectivity index (χ0v) is 9.33. The molecule has 1 saturated carbocycles. The first-order valence-electron chi connectivity index (χ1n) is 5.31. The van der Waals surface area contributed by atoms with Crippen LogP contribution in [0, 0.1) is 5.41 Å². The Labute approximate surface area is 95.6 Å². The van der Waals surface area contributed by atoms with E-state index in [0.29, 0.717) is 0 Å². The maximum absolute atomic E-state index is 12.6. The van der Waals surface area contributed by atoms with Crippen LogP contribution in [0.3, 0.4) is 0 Å². The van der Waals surface area contributed by atoms with Gasteiger partial charge >= 0.3 is 12.1 Å². The molecule has 1 fully saturated rings. The van der Waals surface area contributed by atoms with Gasteiger partial charge in [0.1, 0.15) is 0 Å². The Morgan fingerprint density at radius 3 is 2.06 bits per heavy atom. The van der Waals surface area contributed by atoms with Crippen LogP contribution in [-0.2, 0) is 4.79 Å². The SMILES string of the molecule is CC1(CNC(=O)C(F)(F)C(F)(F)F)CCCC1. The molecule has 100 valence electrons. The molecule has 0 spiro atoms. The van der Waals surface area contributed by atoms with E-state index < -0.39 is 18.0 Å². The van der Waals surface area contributed by atoms with E-state index in [9.17, 15) is 26.7 Å². The van der Waals surface area contributed by atoms with Crippen molar-refractivity contribution in [3.05, 3.63) is 0 Å². The van der Waals surface area contributed by atoms with Gasteiger partial charge in [0.15, 0.2) is 0 Å². The molecular formula is C10H14F5NO. The second-order valence-electron chi connectivity index (χ2n) is 4.77. The molecule has 2 nitrogen and oxygen atoms in total. The number of alkyl halides is 5. The van der Waals surface area contributed by atoms with Gasteiger partial charge in [0.05, 0.1) is 0 Å². The van der Waals surface area contributed by atoms with Gasteiger partial charge < -0.3 is 5.32 Å². The van der Waals surface area contributed by atoms with E-state index in [2.05, 4.69) is 0 Å². The molecule has 1 rings (SSSR count). The molecule has 7 heteroatoms. The molecule has 0 aromatic carbocycles. The first kappa shape index (κ1) is 14.2. The van der Waals surface area contributed by atoms with Gasteiger partial charge in [-0.3, -0.25) is 4.79 Å². The zero-order valence-electron chi connectivity index (χ0n) is 9.33. The van der Waals surface area contributed by atoms with Gasteiger partial charge in [-0.15, -0.1) is 0 Å². The van der Waals surface area contributed by atoms with Crippen LogP contribution in [0.25, 0.3) is 0 Å². The summed E-state index contributed by atoms with van der Waals surface area (Å²) in [4.78, 5) is 10.8. The second kappa shape index (κ2) is 4.42. The Bertz CT molecular complexity index is 294. The third-order valence-electron chi connectivity index (χ3n) is 3.13. The number of amides is 1. The highest BCUT2D eigenvalue weighted by molar-refractivity contribution is 5.84. The lowest BCUT2D eigenvalue weighted by Crippen LogP contribution is -2.52. The molecule has 0 aromatic rings. The molecule has 1 aliphatic carbocycles. The fourth-order valence-corrected chi connectivity index (χ4v) is 1.94. The summed E-state index contributed by atoms with van der Waals surface area (Å²) in [5.41, 5.74) is -0.364. The fourth-order valence-electron chi connectivity index (χ4n) is 1.94.